The molecule has 3 heteroatoms. The van der Waals surface area contributed by atoms with Gasteiger partial charge < -0.3 is 5.32 Å². The summed E-state index contributed by atoms with van der Waals surface area (Å²) < 4.78 is 1.31. The van der Waals surface area contributed by atoms with Crippen LogP contribution in [-0.4, -0.2) is 12.5 Å². The van der Waals surface area contributed by atoms with Gasteiger partial charge in [0.1, 0.15) is 0 Å². The van der Waals surface area contributed by atoms with E-state index in [1.54, 1.807) is 6.92 Å². The molecule has 0 saturated carbocycles. The Kier molecular flexibility index (Phi) is 5.54. The predicted octanol–water partition coefficient (Wildman–Crippen LogP) is 5.84. The zero-order valence-electron chi connectivity index (χ0n) is 15.9. The van der Waals surface area contributed by atoms with Crippen LogP contribution in [0.25, 0.3) is 21.2 Å². The lowest BCUT2D eigenvalue weighted by Crippen LogP contribution is -2.22. The maximum absolute atomic E-state index is 11.3. The maximum Gasteiger partial charge on any atom is 0.216 e. The highest BCUT2D eigenvalue weighted by atomic mass is 32.1. The van der Waals surface area contributed by atoms with Gasteiger partial charge in [-0.25, -0.2) is 0 Å². The van der Waals surface area contributed by atoms with Gasteiger partial charge in [0.2, 0.25) is 5.91 Å². The van der Waals surface area contributed by atoms with Crippen LogP contribution < -0.4 is 5.32 Å². The molecule has 28 heavy (non-hydrogen) atoms. The van der Waals surface area contributed by atoms with E-state index in [1.807, 2.05) is 17.4 Å². The van der Waals surface area contributed by atoms with E-state index < -0.39 is 0 Å². The molecule has 0 aliphatic rings. The first kappa shape index (κ1) is 18.5. The van der Waals surface area contributed by atoms with Crippen molar-refractivity contribution in [2.45, 2.75) is 19.8 Å². The van der Waals surface area contributed by atoms with Crippen LogP contribution in [0.5, 0.6) is 0 Å². The van der Waals surface area contributed by atoms with Crippen LogP contribution in [0.15, 0.2) is 78.9 Å². The van der Waals surface area contributed by atoms with Crippen LogP contribution in [0, 0.1) is 0 Å². The van der Waals surface area contributed by atoms with Gasteiger partial charge in [-0.1, -0.05) is 66.7 Å². The Labute approximate surface area is 169 Å². The summed E-state index contributed by atoms with van der Waals surface area (Å²) in [7, 11) is 0. The van der Waals surface area contributed by atoms with Crippen LogP contribution in [-0.2, 0) is 17.6 Å². The SMILES string of the molecule is CC(=O)NCCc1c(Cc2ccccc2)sc2ccc(-c3ccccc3)cc12. The standard InChI is InChI=1S/C25H23NOS/c1-18(27)26-15-14-22-23-17-21(20-10-6-3-7-11-20)12-13-24(23)28-25(22)16-19-8-4-2-5-9-19/h2-13,17H,14-16H2,1H3,(H,26,27). The summed E-state index contributed by atoms with van der Waals surface area (Å²) in [5, 5.41) is 4.26. The molecule has 0 spiro atoms. The molecule has 0 saturated heterocycles. The summed E-state index contributed by atoms with van der Waals surface area (Å²) in [6.45, 7) is 2.24. The number of benzene rings is 3. The molecule has 0 fully saturated rings. The smallest absolute Gasteiger partial charge is 0.216 e. The zero-order valence-corrected chi connectivity index (χ0v) is 16.8. The molecule has 1 amide bonds. The number of nitrogens with one attached hydrogen (secondary N) is 1. The molecule has 0 radical (unpaired) electrons. The Bertz CT molecular complexity index is 1080. The fraction of sp³-hybridized carbons (Fsp3) is 0.160. The van der Waals surface area contributed by atoms with Gasteiger partial charge in [-0.05, 0) is 46.2 Å². The van der Waals surface area contributed by atoms with Crippen LogP contribution in [0.3, 0.4) is 0 Å². The van der Waals surface area contributed by atoms with E-state index in [1.165, 1.54) is 37.2 Å². The first-order valence-corrected chi connectivity index (χ1v) is 10.4. The van der Waals surface area contributed by atoms with Crippen molar-refractivity contribution in [3.63, 3.8) is 0 Å². The number of amides is 1. The van der Waals surface area contributed by atoms with Gasteiger partial charge in [0.15, 0.2) is 0 Å². The van der Waals surface area contributed by atoms with Gasteiger partial charge in [-0.3, -0.25) is 4.79 Å². The second-order valence-electron chi connectivity index (χ2n) is 6.98. The molecule has 1 aromatic heterocycles. The van der Waals surface area contributed by atoms with Crippen molar-refractivity contribution in [3.05, 3.63) is 94.9 Å². The summed E-state index contributed by atoms with van der Waals surface area (Å²) in [5.74, 6) is 0.0223. The Morgan fingerprint density at radius 3 is 2.32 bits per heavy atom. The van der Waals surface area contributed by atoms with Crippen molar-refractivity contribution in [1.29, 1.82) is 0 Å². The third-order valence-electron chi connectivity index (χ3n) is 4.94. The van der Waals surface area contributed by atoms with E-state index in [0.717, 1.165) is 12.8 Å². The first-order valence-electron chi connectivity index (χ1n) is 9.59. The van der Waals surface area contributed by atoms with E-state index >= 15 is 0 Å². The lowest BCUT2D eigenvalue weighted by Gasteiger charge is -2.07. The highest BCUT2D eigenvalue weighted by Gasteiger charge is 2.14. The number of hydrogen-bond acceptors (Lipinski definition) is 2. The van der Waals surface area contributed by atoms with Crippen molar-refractivity contribution >= 4 is 27.3 Å². The van der Waals surface area contributed by atoms with E-state index in [2.05, 4.69) is 78.1 Å². The molecular weight excluding hydrogens is 362 g/mol. The summed E-state index contributed by atoms with van der Waals surface area (Å²) in [4.78, 5) is 12.7. The second kappa shape index (κ2) is 8.41. The molecule has 2 nitrogen and oxygen atoms in total. The molecular formula is C25H23NOS. The van der Waals surface area contributed by atoms with E-state index in [9.17, 15) is 4.79 Å². The predicted molar refractivity (Wildman–Crippen MR) is 119 cm³/mol. The third-order valence-corrected chi connectivity index (χ3v) is 6.15. The minimum Gasteiger partial charge on any atom is -0.356 e. The van der Waals surface area contributed by atoms with Gasteiger partial charge >= 0.3 is 0 Å². The number of hydrogen-bond donors (Lipinski definition) is 1. The van der Waals surface area contributed by atoms with Gasteiger partial charge in [0.05, 0.1) is 0 Å². The van der Waals surface area contributed by atoms with Crippen LogP contribution in [0.4, 0.5) is 0 Å². The fourth-order valence-electron chi connectivity index (χ4n) is 3.57. The van der Waals surface area contributed by atoms with Crippen molar-refractivity contribution in [2.75, 3.05) is 6.54 Å². The average molecular weight is 386 g/mol. The number of carbonyl (C=O) groups excluding carboxylic acids is 1. The molecule has 0 unspecified atom stereocenters. The zero-order chi connectivity index (χ0) is 19.3. The molecule has 0 bridgehead atoms. The van der Waals surface area contributed by atoms with Crippen LogP contribution in [0.1, 0.15) is 22.9 Å². The Morgan fingerprint density at radius 1 is 0.893 bits per heavy atom. The van der Waals surface area contributed by atoms with Crippen molar-refractivity contribution in [2.24, 2.45) is 0 Å². The van der Waals surface area contributed by atoms with E-state index in [-0.39, 0.29) is 5.91 Å². The van der Waals surface area contributed by atoms with Crippen LogP contribution >= 0.6 is 11.3 Å². The minimum absolute atomic E-state index is 0.0223. The summed E-state index contributed by atoms with van der Waals surface area (Å²) in [6.07, 6.45) is 1.77. The maximum atomic E-state index is 11.3. The number of fused-ring (bicyclic) bond motifs is 1. The molecule has 1 N–H and O–H groups in total. The third kappa shape index (κ3) is 4.15. The second-order valence-corrected chi connectivity index (χ2v) is 8.11. The monoisotopic (exact) mass is 385 g/mol. The van der Waals surface area contributed by atoms with Crippen molar-refractivity contribution in [1.82, 2.24) is 5.32 Å². The normalized spacial score (nSPS) is 10.9. The molecule has 0 atom stereocenters. The molecule has 3 aromatic carbocycles. The fourth-order valence-corrected chi connectivity index (χ4v) is 4.84. The molecule has 4 rings (SSSR count). The topological polar surface area (TPSA) is 29.1 Å². The molecule has 140 valence electrons. The number of thiophene rings is 1. The van der Waals surface area contributed by atoms with Gasteiger partial charge in [0, 0.05) is 29.5 Å². The van der Waals surface area contributed by atoms with E-state index in [4.69, 9.17) is 0 Å². The van der Waals surface area contributed by atoms with Crippen molar-refractivity contribution in [3.8, 4) is 11.1 Å². The summed E-state index contributed by atoms with van der Waals surface area (Å²) >= 11 is 1.87. The van der Waals surface area contributed by atoms with Gasteiger partial charge in [-0.2, -0.15) is 0 Å². The highest BCUT2D eigenvalue weighted by molar-refractivity contribution is 7.19. The Hall–Kier alpha value is -2.91. The molecule has 1 heterocycles. The number of rotatable bonds is 6. The Balaban J connectivity index is 1.75. The summed E-state index contributed by atoms with van der Waals surface area (Å²) in [5.41, 5.74) is 5.14. The van der Waals surface area contributed by atoms with Crippen molar-refractivity contribution < 1.29 is 4.79 Å². The largest absolute Gasteiger partial charge is 0.356 e. The highest BCUT2D eigenvalue weighted by Crippen LogP contribution is 2.36. The number of carbonyl (C=O) groups is 1. The molecule has 0 aliphatic carbocycles. The van der Waals surface area contributed by atoms with E-state index in [0.29, 0.717) is 6.54 Å². The lowest BCUT2D eigenvalue weighted by atomic mass is 9.99. The van der Waals surface area contributed by atoms with Crippen LogP contribution in [0.2, 0.25) is 0 Å². The quantitative estimate of drug-likeness (QED) is 0.444. The van der Waals surface area contributed by atoms with Gasteiger partial charge in [0.25, 0.3) is 0 Å². The lowest BCUT2D eigenvalue weighted by molar-refractivity contribution is -0.118. The molecule has 0 aliphatic heterocycles. The Morgan fingerprint density at radius 2 is 1.61 bits per heavy atom. The molecule has 4 aromatic rings. The average Bonchev–Trinajstić information content (AvgIpc) is 3.05. The summed E-state index contributed by atoms with van der Waals surface area (Å²) in [6, 6.07) is 27.8. The van der Waals surface area contributed by atoms with Gasteiger partial charge in [-0.15, -0.1) is 11.3 Å². The first-order chi connectivity index (χ1) is 13.7. The minimum atomic E-state index is 0.0223.